The zero-order valence-corrected chi connectivity index (χ0v) is 14.2. The lowest BCUT2D eigenvalue weighted by Crippen LogP contribution is -2.54. The summed E-state index contributed by atoms with van der Waals surface area (Å²) in [4.78, 5) is 25.8. The minimum absolute atomic E-state index is 0.0195. The fraction of sp³-hybridized carbons (Fsp3) is 0.875. The fourth-order valence-corrected chi connectivity index (χ4v) is 2.45. The summed E-state index contributed by atoms with van der Waals surface area (Å²) >= 11 is 0. The number of nitrogens with two attached hydrogens (primary N) is 1. The fourth-order valence-electron chi connectivity index (χ4n) is 2.45. The van der Waals surface area contributed by atoms with E-state index in [1.54, 1.807) is 0 Å². The van der Waals surface area contributed by atoms with Gasteiger partial charge >= 0.3 is 0 Å². The number of amides is 2. The summed E-state index contributed by atoms with van der Waals surface area (Å²) in [6.45, 7) is 11.9. The number of carbonyl (C=O) groups is 2. The van der Waals surface area contributed by atoms with Gasteiger partial charge in [0.25, 0.3) is 0 Å². The van der Waals surface area contributed by atoms with E-state index in [0.717, 1.165) is 19.5 Å². The first-order valence-corrected chi connectivity index (χ1v) is 7.86. The second-order valence-corrected chi connectivity index (χ2v) is 7.81. The lowest BCUT2D eigenvalue weighted by molar-refractivity contribution is -0.135. The molecule has 21 heavy (non-hydrogen) atoms. The first-order valence-electron chi connectivity index (χ1n) is 7.86. The predicted molar refractivity (Wildman–Crippen MR) is 84.7 cm³/mol. The molecule has 0 aromatic rings. The number of hydrogen-bond donors (Lipinski definition) is 2. The average Bonchev–Trinajstić information content (AvgIpc) is 2.36. The Hall–Kier alpha value is -1.10. The summed E-state index contributed by atoms with van der Waals surface area (Å²) in [6.07, 6.45) is 2.03. The highest BCUT2D eigenvalue weighted by Crippen LogP contribution is 2.28. The van der Waals surface area contributed by atoms with Crippen LogP contribution in [0.4, 0.5) is 0 Å². The van der Waals surface area contributed by atoms with Gasteiger partial charge in [-0.05, 0) is 18.3 Å². The van der Waals surface area contributed by atoms with E-state index < -0.39 is 0 Å². The average molecular weight is 297 g/mol. The Morgan fingerprint density at radius 1 is 1.33 bits per heavy atom. The molecule has 0 aliphatic carbocycles. The maximum atomic E-state index is 12.2. The number of carbonyl (C=O) groups excluding carboxylic acids is 2. The smallest absolute Gasteiger partial charge is 0.225 e. The van der Waals surface area contributed by atoms with Crippen LogP contribution in [0.1, 0.15) is 53.9 Å². The third-order valence-electron chi connectivity index (χ3n) is 4.20. The highest BCUT2D eigenvalue weighted by Gasteiger charge is 2.35. The van der Waals surface area contributed by atoms with Gasteiger partial charge in [-0.25, -0.2) is 0 Å². The van der Waals surface area contributed by atoms with Gasteiger partial charge < -0.3 is 16.0 Å². The molecular weight excluding hydrogens is 266 g/mol. The van der Waals surface area contributed by atoms with Gasteiger partial charge in [-0.15, -0.1) is 0 Å². The van der Waals surface area contributed by atoms with Gasteiger partial charge in [0, 0.05) is 37.5 Å². The Balaban J connectivity index is 2.30. The van der Waals surface area contributed by atoms with E-state index in [2.05, 4.69) is 19.2 Å². The van der Waals surface area contributed by atoms with Gasteiger partial charge in [-0.1, -0.05) is 34.6 Å². The summed E-state index contributed by atoms with van der Waals surface area (Å²) in [7, 11) is 0. The van der Waals surface area contributed by atoms with Gasteiger partial charge in [0.15, 0.2) is 0 Å². The summed E-state index contributed by atoms with van der Waals surface area (Å²) in [5, 5.41) is 2.87. The minimum Gasteiger partial charge on any atom is -0.356 e. The molecule has 0 aromatic heterocycles. The van der Waals surface area contributed by atoms with E-state index in [1.165, 1.54) is 0 Å². The molecule has 1 aliphatic heterocycles. The highest BCUT2D eigenvalue weighted by molar-refractivity contribution is 5.81. The van der Waals surface area contributed by atoms with Crippen LogP contribution in [0.5, 0.6) is 0 Å². The quantitative estimate of drug-likeness (QED) is 0.772. The molecule has 0 radical (unpaired) electrons. The summed E-state index contributed by atoms with van der Waals surface area (Å²) in [6, 6.07) is 0.160. The molecule has 5 nitrogen and oxygen atoms in total. The maximum Gasteiger partial charge on any atom is 0.225 e. The number of nitrogens with one attached hydrogen (secondary N) is 1. The number of hydrogen-bond acceptors (Lipinski definition) is 3. The van der Waals surface area contributed by atoms with E-state index in [4.69, 9.17) is 5.73 Å². The second-order valence-electron chi connectivity index (χ2n) is 7.81. The Kier molecular flexibility index (Phi) is 5.79. The summed E-state index contributed by atoms with van der Waals surface area (Å²) in [5.74, 6) is 0.194. The summed E-state index contributed by atoms with van der Waals surface area (Å²) < 4.78 is 0. The van der Waals surface area contributed by atoms with E-state index in [9.17, 15) is 9.59 Å². The van der Waals surface area contributed by atoms with Crippen molar-refractivity contribution in [1.29, 1.82) is 0 Å². The molecule has 1 saturated heterocycles. The van der Waals surface area contributed by atoms with Crippen LogP contribution in [0.15, 0.2) is 0 Å². The first-order chi connectivity index (χ1) is 9.54. The van der Waals surface area contributed by atoms with Crippen LogP contribution in [-0.2, 0) is 9.59 Å². The molecule has 122 valence electrons. The lowest BCUT2D eigenvalue weighted by atomic mass is 9.79. The number of rotatable bonds is 4. The van der Waals surface area contributed by atoms with Gasteiger partial charge in [-0.2, -0.15) is 0 Å². The lowest BCUT2D eigenvalue weighted by Gasteiger charge is -2.42. The topological polar surface area (TPSA) is 75.4 Å². The van der Waals surface area contributed by atoms with Crippen LogP contribution < -0.4 is 11.1 Å². The molecule has 1 unspecified atom stereocenters. The van der Waals surface area contributed by atoms with Gasteiger partial charge in [0.1, 0.15) is 0 Å². The van der Waals surface area contributed by atoms with E-state index in [1.807, 2.05) is 25.7 Å². The first kappa shape index (κ1) is 18.0. The molecule has 1 rings (SSSR count). The van der Waals surface area contributed by atoms with Crippen LogP contribution >= 0.6 is 0 Å². The number of piperidine rings is 1. The Bertz CT molecular complexity index is 385. The molecule has 5 heteroatoms. The maximum absolute atomic E-state index is 12.2. The van der Waals surface area contributed by atoms with Crippen molar-refractivity contribution in [2.75, 3.05) is 19.6 Å². The third-order valence-corrected chi connectivity index (χ3v) is 4.20. The Labute approximate surface area is 128 Å². The van der Waals surface area contributed by atoms with Gasteiger partial charge in [0.2, 0.25) is 11.8 Å². The van der Waals surface area contributed by atoms with Crippen molar-refractivity contribution in [3.63, 3.8) is 0 Å². The molecular formula is C16H31N3O2. The van der Waals surface area contributed by atoms with Crippen LogP contribution in [-0.4, -0.2) is 42.4 Å². The van der Waals surface area contributed by atoms with Crippen LogP contribution in [0.25, 0.3) is 0 Å². The van der Waals surface area contributed by atoms with Crippen LogP contribution in [0.2, 0.25) is 0 Å². The zero-order valence-electron chi connectivity index (χ0n) is 14.2. The van der Waals surface area contributed by atoms with E-state index in [-0.39, 0.29) is 28.7 Å². The minimum atomic E-state index is -0.378. The van der Waals surface area contributed by atoms with Gasteiger partial charge in [0.05, 0.1) is 0 Å². The largest absolute Gasteiger partial charge is 0.356 e. The molecule has 2 amide bonds. The molecule has 0 bridgehead atoms. The van der Waals surface area contributed by atoms with E-state index in [0.29, 0.717) is 19.4 Å². The molecule has 1 atom stereocenters. The van der Waals surface area contributed by atoms with Crippen molar-refractivity contribution in [1.82, 2.24) is 10.2 Å². The van der Waals surface area contributed by atoms with Crippen molar-refractivity contribution < 1.29 is 9.59 Å². The van der Waals surface area contributed by atoms with Crippen molar-refractivity contribution >= 4 is 11.8 Å². The second kappa shape index (κ2) is 6.77. The highest BCUT2D eigenvalue weighted by atomic mass is 16.2. The van der Waals surface area contributed by atoms with Crippen LogP contribution in [0.3, 0.4) is 0 Å². The molecule has 0 aromatic carbocycles. The van der Waals surface area contributed by atoms with Crippen molar-refractivity contribution in [2.45, 2.75) is 59.9 Å². The zero-order chi connectivity index (χ0) is 16.3. The normalized spacial score (nSPS) is 22.0. The predicted octanol–water partition coefficient (Wildman–Crippen LogP) is 1.51. The molecule has 1 fully saturated rings. The Morgan fingerprint density at radius 2 is 1.95 bits per heavy atom. The molecule has 0 saturated carbocycles. The van der Waals surface area contributed by atoms with Gasteiger partial charge in [-0.3, -0.25) is 9.59 Å². The molecule has 1 heterocycles. The summed E-state index contributed by atoms with van der Waals surface area (Å²) in [5.41, 5.74) is 5.69. The number of likely N-dealkylation sites (tertiary alicyclic amines) is 1. The SMILES string of the molecule is CC(C)(C)C(=O)NCCCC(=O)N1CCC(N)C(C)(C)C1. The Morgan fingerprint density at radius 3 is 2.48 bits per heavy atom. The van der Waals surface area contributed by atoms with Crippen molar-refractivity contribution in [2.24, 2.45) is 16.6 Å². The van der Waals surface area contributed by atoms with Crippen molar-refractivity contribution in [3.8, 4) is 0 Å². The molecule has 0 spiro atoms. The third kappa shape index (κ3) is 5.30. The molecule has 3 N–H and O–H groups in total. The van der Waals surface area contributed by atoms with Crippen LogP contribution in [0, 0.1) is 10.8 Å². The van der Waals surface area contributed by atoms with Crippen molar-refractivity contribution in [3.05, 3.63) is 0 Å². The standard InChI is InChI=1S/C16H31N3O2/c1-15(2,3)14(21)18-9-6-7-13(20)19-10-8-12(17)16(4,5)11-19/h12H,6-11,17H2,1-5H3,(H,18,21). The number of nitrogens with zero attached hydrogens (tertiary/aromatic N) is 1. The van der Waals surface area contributed by atoms with E-state index >= 15 is 0 Å². The molecule has 1 aliphatic rings. The monoisotopic (exact) mass is 297 g/mol.